The molecule has 1 aromatic heterocycles. The fraction of sp³-hybridized carbons (Fsp3) is 0.615. The van der Waals surface area contributed by atoms with Crippen LogP contribution in [0.5, 0.6) is 0 Å². The van der Waals surface area contributed by atoms with Crippen molar-refractivity contribution in [3.63, 3.8) is 0 Å². The summed E-state index contributed by atoms with van der Waals surface area (Å²) in [6.45, 7) is 0. The van der Waals surface area contributed by atoms with Gasteiger partial charge in [0.25, 0.3) is 0 Å². The van der Waals surface area contributed by atoms with Crippen molar-refractivity contribution in [3.8, 4) is 0 Å². The summed E-state index contributed by atoms with van der Waals surface area (Å²) in [6, 6.07) is 2.00. The first-order valence-electron chi connectivity index (χ1n) is 6.81. The average Bonchev–Trinajstić information content (AvgIpc) is 2.32. The van der Waals surface area contributed by atoms with Gasteiger partial charge in [0, 0.05) is 18.4 Å². The molecule has 19 heavy (non-hydrogen) atoms. The molecule has 6 heteroatoms. The molecule has 0 aliphatic heterocycles. The maximum absolute atomic E-state index is 11.5. The van der Waals surface area contributed by atoms with E-state index >= 15 is 0 Å². The molecular weight excluding hydrogens is 262 g/mol. The number of anilines is 1. The number of sulfonamides is 1. The number of primary sulfonamides is 1. The topological polar surface area (TPSA) is 85.1 Å². The van der Waals surface area contributed by atoms with Gasteiger partial charge in [-0.2, -0.15) is 0 Å². The Morgan fingerprint density at radius 2 is 1.79 bits per heavy atom. The lowest BCUT2D eigenvalue weighted by Crippen LogP contribution is -2.23. The van der Waals surface area contributed by atoms with Crippen LogP contribution in [0.15, 0.2) is 23.4 Å². The minimum Gasteiger partial charge on any atom is -0.381 e. The molecule has 1 aromatic rings. The Kier molecular flexibility index (Phi) is 4.76. The third-order valence-electron chi connectivity index (χ3n) is 3.56. The molecule has 3 N–H and O–H groups in total. The first-order valence-corrected chi connectivity index (χ1v) is 8.35. The van der Waals surface area contributed by atoms with Crippen molar-refractivity contribution in [3.05, 3.63) is 18.5 Å². The van der Waals surface area contributed by atoms with E-state index in [-0.39, 0.29) is 4.90 Å². The minimum atomic E-state index is -3.73. The lowest BCUT2D eigenvalue weighted by Gasteiger charge is -2.23. The first kappa shape index (κ1) is 14.3. The quantitative estimate of drug-likeness (QED) is 0.891. The van der Waals surface area contributed by atoms with Crippen LogP contribution in [0.25, 0.3) is 0 Å². The highest BCUT2D eigenvalue weighted by Crippen LogP contribution is 2.24. The van der Waals surface area contributed by atoms with Crippen molar-refractivity contribution in [2.45, 2.75) is 55.9 Å². The third kappa shape index (κ3) is 4.18. The Bertz CT molecular complexity index is 508. The number of nitrogens with two attached hydrogens (primary N) is 1. The molecule has 5 nitrogen and oxygen atoms in total. The fourth-order valence-corrected chi connectivity index (χ4v) is 3.19. The number of nitrogens with one attached hydrogen (secondary N) is 1. The van der Waals surface area contributed by atoms with Gasteiger partial charge in [0.1, 0.15) is 4.90 Å². The van der Waals surface area contributed by atoms with Gasteiger partial charge < -0.3 is 5.32 Å². The summed E-state index contributed by atoms with van der Waals surface area (Å²) in [6.07, 6.45) is 11.2. The predicted octanol–water partition coefficient (Wildman–Crippen LogP) is 2.25. The molecule has 1 heterocycles. The molecule has 0 spiro atoms. The van der Waals surface area contributed by atoms with E-state index in [1.54, 1.807) is 12.3 Å². The summed E-state index contributed by atoms with van der Waals surface area (Å²) in [5, 5.41) is 8.54. The molecule has 0 bridgehead atoms. The van der Waals surface area contributed by atoms with Crippen LogP contribution in [0.3, 0.4) is 0 Å². The monoisotopic (exact) mass is 283 g/mol. The maximum atomic E-state index is 11.5. The van der Waals surface area contributed by atoms with E-state index in [0.717, 1.165) is 12.8 Å². The molecule has 106 valence electrons. The predicted molar refractivity (Wildman–Crippen MR) is 75.3 cm³/mol. The molecule has 1 aliphatic carbocycles. The van der Waals surface area contributed by atoms with E-state index in [1.165, 1.54) is 38.3 Å². The smallest absolute Gasteiger partial charge is 0.241 e. The van der Waals surface area contributed by atoms with E-state index in [0.29, 0.717) is 11.7 Å². The van der Waals surface area contributed by atoms with Crippen molar-refractivity contribution in [1.82, 2.24) is 4.98 Å². The summed E-state index contributed by atoms with van der Waals surface area (Å²) >= 11 is 0. The van der Waals surface area contributed by atoms with Gasteiger partial charge in [-0.3, -0.25) is 4.98 Å². The van der Waals surface area contributed by atoms with Crippen LogP contribution in [0.2, 0.25) is 0 Å². The number of aromatic nitrogens is 1. The van der Waals surface area contributed by atoms with E-state index < -0.39 is 10.0 Å². The summed E-state index contributed by atoms with van der Waals surface area (Å²) < 4.78 is 23.0. The molecule has 1 saturated carbocycles. The van der Waals surface area contributed by atoms with Gasteiger partial charge in [-0.15, -0.1) is 0 Å². The minimum absolute atomic E-state index is 0.0806. The Morgan fingerprint density at radius 3 is 2.42 bits per heavy atom. The first-order chi connectivity index (χ1) is 9.07. The van der Waals surface area contributed by atoms with E-state index in [9.17, 15) is 8.42 Å². The molecule has 1 aliphatic rings. The van der Waals surface area contributed by atoms with E-state index in [4.69, 9.17) is 5.14 Å². The second-order valence-electron chi connectivity index (χ2n) is 5.10. The highest BCUT2D eigenvalue weighted by atomic mass is 32.2. The van der Waals surface area contributed by atoms with Crippen molar-refractivity contribution in [1.29, 1.82) is 0 Å². The summed E-state index contributed by atoms with van der Waals surface area (Å²) in [7, 11) is -3.73. The zero-order valence-corrected chi connectivity index (χ0v) is 11.8. The molecule has 0 radical (unpaired) electrons. The Hall–Kier alpha value is -1.14. The molecule has 0 saturated heterocycles. The molecule has 0 amide bonds. The van der Waals surface area contributed by atoms with Crippen molar-refractivity contribution in [2.75, 3.05) is 5.32 Å². The molecular formula is C13H21N3O2S. The molecule has 0 unspecified atom stereocenters. The van der Waals surface area contributed by atoms with E-state index in [1.807, 2.05) is 0 Å². The van der Waals surface area contributed by atoms with Crippen LogP contribution in [-0.2, 0) is 10.0 Å². The van der Waals surface area contributed by atoms with Gasteiger partial charge in [0.2, 0.25) is 10.0 Å². The number of hydrogen-bond acceptors (Lipinski definition) is 4. The largest absolute Gasteiger partial charge is 0.381 e. The average molecular weight is 283 g/mol. The second-order valence-corrected chi connectivity index (χ2v) is 6.63. The standard InChI is InChI=1S/C13H21N3O2S/c14-19(17,18)13-10-15-9-8-12(13)16-11-6-4-2-1-3-5-7-11/h8-11H,1-7H2,(H,15,16)(H2,14,17,18). The van der Waals surface area contributed by atoms with Crippen LogP contribution in [0.1, 0.15) is 44.9 Å². The lowest BCUT2D eigenvalue weighted by molar-refractivity contribution is 0.471. The number of nitrogens with zero attached hydrogens (tertiary/aromatic N) is 1. The maximum Gasteiger partial charge on any atom is 0.241 e. The number of pyridine rings is 1. The van der Waals surface area contributed by atoms with Crippen LogP contribution in [0.4, 0.5) is 5.69 Å². The van der Waals surface area contributed by atoms with Gasteiger partial charge in [-0.1, -0.05) is 32.1 Å². The summed E-state index contributed by atoms with van der Waals surface area (Å²) in [4.78, 5) is 3.92. The Labute approximate surface area is 114 Å². The van der Waals surface area contributed by atoms with Crippen molar-refractivity contribution < 1.29 is 8.42 Å². The lowest BCUT2D eigenvalue weighted by atomic mass is 9.96. The van der Waals surface area contributed by atoms with Crippen LogP contribution >= 0.6 is 0 Å². The Balaban J connectivity index is 2.13. The fourth-order valence-electron chi connectivity index (χ4n) is 2.55. The number of hydrogen-bond donors (Lipinski definition) is 2. The molecule has 1 fully saturated rings. The van der Waals surface area contributed by atoms with Gasteiger partial charge in [0.05, 0.1) is 5.69 Å². The molecule has 0 aromatic carbocycles. The van der Waals surface area contributed by atoms with Gasteiger partial charge in [0.15, 0.2) is 0 Å². The van der Waals surface area contributed by atoms with Crippen LogP contribution in [0, 0.1) is 0 Å². The number of rotatable bonds is 3. The highest BCUT2D eigenvalue weighted by molar-refractivity contribution is 7.89. The van der Waals surface area contributed by atoms with Crippen LogP contribution < -0.4 is 10.5 Å². The second kappa shape index (κ2) is 6.34. The van der Waals surface area contributed by atoms with Gasteiger partial charge in [-0.25, -0.2) is 13.6 Å². The highest BCUT2D eigenvalue weighted by Gasteiger charge is 2.17. The van der Waals surface area contributed by atoms with Crippen LogP contribution in [-0.4, -0.2) is 19.4 Å². The summed E-state index contributed by atoms with van der Waals surface area (Å²) in [5.74, 6) is 0. The van der Waals surface area contributed by atoms with Gasteiger partial charge >= 0.3 is 0 Å². The molecule has 2 rings (SSSR count). The third-order valence-corrected chi connectivity index (χ3v) is 4.49. The molecule has 0 atom stereocenters. The Morgan fingerprint density at radius 1 is 1.16 bits per heavy atom. The summed E-state index contributed by atoms with van der Waals surface area (Å²) in [5.41, 5.74) is 0.572. The van der Waals surface area contributed by atoms with Crippen molar-refractivity contribution >= 4 is 15.7 Å². The SMILES string of the molecule is NS(=O)(=O)c1cnccc1NC1CCCCCCC1. The zero-order valence-electron chi connectivity index (χ0n) is 11.0. The zero-order chi connectivity index (χ0) is 13.7. The van der Waals surface area contributed by atoms with E-state index in [2.05, 4.69) is 10.3 Å². The van der Waals surface area contributed by atoms with Gasteiger partial charge in [-0.05, 0) is 18.9 Å². The normalized spacial score (nSPS) is 18.6. The van der Waals surface area contributed by atoms with Crippen molar-refractivity contribution in [2.24, 2.45) is 5.14 Å².